The van der Waals surface area contributed by atoms with Crippen LogP contribution in [0.15, 0.2) is 48.7 Å². The minimum atomic E-state index is -3.23. The molecule has 3 aromatic rings. The van der Waals surface area contributed by atoms with Crippen LogP contribution in [0.4, 0.5) is 9.80 Å². The van der Waals surface area contributed by atoms with Crippen molar-refractivity contribution in [2.75, 3.05) is 11.5 Å². The van der Waals surface area contributed by atoms with E-state index in [-0.39, 0.29) is 24.0 Å². The van der Waals surface area contributed by atoms with Crippen LogP contribution in [-0.2, 0) is 34.6 Å². The molecule has 2 aliphatic rings. The van der Waals surface area contributed by atoms with Gasteiger partial charge in [0.05, 0.1) is 24.0 Å². The Balaban J connectivity index is 1.51. The van der Waals surface area contributed by atoms with Gasteiger partial charge in [-0.25, -0.2) is 0 Å². The maximum Gasteiger partial charge on any atom is 0.264 e. The highest BCUT2D eigenvalue weighted by atomic mass is 127. The molecule has 1 N–H and O–H groups in total. The van der Waals surface area contributed by atoms with Crippen LogP contribution in [0.25, 0.3) is 0 Å². The second-order valence-corrected chi connectivity index (χ2v) is 17.0. The molecule has 1 aromatic heterocycles. The van der Waals surface area contributed by atoms with Gasteiger partial charge in [-0.2, -0.15) is 0 Å². The Labute approximate surface area is 250 Å². The highest BCUT2D eigenvalue weighted by molar-refractivity contribution is 14.1. The summed E-state index contributed by atoms with van der Waals surface area (Å²) in [7, 11) is -3.23. The van der Waals surface area contributed by atoms with E-state index in [1.165, 1.54) is 0 Å². The van der Waals surface area contributed by atoms with E-state index in [1.54, 1.807) is 24.0 Å². The number of carbonyl (C=O) groups excluding carboxylic acids is 1. The van der Waals surface area contributed by atoms with Crippen LogP contribution in [0.1, 0.15) is 30.2 Å². The Bertz CT molecular complexity index is 1350. The summed E-state index contributed by atoms with van der Waals surface area (Å²) in [6.45, 7) is 6.36. The molecule has 3 heterocycles. The van der Waals surface area contributed by atoms with Crippen LogP contribution < -0.4 is 4.90 Å². The fraction of sp³-hybridized carbons (Fsp3) is 0.444. The number of amides is 1. The quantitative estimate of drug-likeness (QED) is 0.188. The summed E-state index contributed by atoms with van der Waals surface area (Å²) in [5, 5.41) is 17.4. The Hall–Kier alpha value is -1.42. The van der Waals surface area contributed by atoms with Crippen LogP contribution in [0, 0.1) is 13.1 Å². The van der Waals surface area contributed by atoms with E-state index in [0.29, 0.717) is 31.6 Å². The molecule has 0 aliphatic carbocycles. The van der Waals surface area contributed by atoms with Crippen molar-refractivity contribution in [1.82, 2.24) is 15.0 Å². The number of anilines is 1. The molecule has 1 amide bonds. The SMILES string of the molecule is C[C@H]1[C@H]([Si](C)(C)F)[C@@H](CCn2cc(CCO)nn2)O[C@]12C(=O)N(Cc1cccc(I)c1)c1ccc(I)cc12. The molecule has 11 heteroatoms. The van der Waals surface area contributed by atoms with Crippen molar-refractivity contribution in [3.63, 3.8) is 0 Å². The standard InChI is InChI=1S/C27H31FI2N4O3Si/c1-17-25(38(2,3)28)24(9-11-33-16-21(10-12-35)31-32-33)37-27(17)22-14-20(30)7-8-23(22)34(26(27)36)15-18-5-4-6-19(29)13-18/h4-8,13-14,16-17,24-25,35H,9-12,15H2,1-3H3/t17-,24+,25-,27+/m0/s1. The summed E-state index contributed by atoms with van der Waals surface area (Å²) >= 11 is 4.54. The first-order chi connectivity index (χ1) is 18.0. The van der Waals surface area contributed by atoms with Crippen LogP contribution in [0.5, 0.6) is 0 Å². The average molecular weight is 760 g/mol. The monoisotopic (exact) mass is 760 g/mol. The number of hydrogen-bond donors (Lipinski definition) is 1. The van der Waals surface area contributed by atoms with Crippen molar-refractivity contribution in [1.29, 1.82) is 0 Å². The topological polar surface area (TPSA) is 80.5 Å². The van der Waals surface area contributed by atoms with Gasteiger partial charge in [0, 0.05) is 49.9 Å². The van der Waals surface area contributed by atoms with Crippen LogP contribution in [0.3, 0.4) is 0 Å². The van der Waals surface area contributed by atoms with Crippen LogP contribution in [-0.4, -0.2) is 47.1 Å². The van der Waals surface area contributed by atoms with Gasteiger partial charge >= 0.3 is 0 Å². The van der Waals surface area contributed by atoms with Crippen molar-refractivity contribution in [2.24, 2.45) is 5.92 Å². The van der Waals surface area contributed by atoms with Gasteiger partial charge in [0.2, 0.25) is 8.41 Å². The second kappa shape index (κ2) is 10.9. The number of nitrogens with zero attached hydrogens (tertiary/aromatic N) is 4. The fourth-order valence-electron chi connectivity index (χ4n) is 6.20. The van der Waals surface area contributed by atoms with Gasteiger partial charge in [-0.15, -0.1) is 5.10 Å². The zero-order valence-corrected chi connectivity index (χ0v) is 26.9. The van der Waals surface area contributed by atoms with E-state index in [2.05, 4.69) is 61.6 Å². The van der Waals surface area contributed by atoms with Gasteiger partial charge in [-0.05, 0) is 101 Å². The Kier molecular flexibility index (Phi) is 8.04. The lowest BCUT2D eigenvalue weighted by Crippen LogP contribution is -2.45. The molecule has 5 rings (SSSR count). The molecule has 202 valence electrons. The third-order valence-corrected chi connectivity index (χ3v) is 11.5. The third kappa shape index (κ3) is 5.08. The summed E-state index contributed by atoms with van der Waals surface area (Å²) in [5.41, 5.74) is 1.83. The number of aryl methyl sites for hydroxylation is 1. The number of benzene rings is 2. The number of halogens is 3. The second-order valence-electron chi connectivity index (χ2n) is 10.7. The van der Waals surface area contributed by atoms with Crippen LogP contribution >= 0.6 is 45.2 Å². The summed E-state index contributed by atoms with van der Waals surface area (Å²) < 4.78 is 26.7. The molecule has 0 unspecified atom stereocenters. The van der Waals surface area contributed by atoms with Gasteiger partial charge in [0.25, 0.3) is 5.91 Å². The van der Waals surface area contributed by atoms with E-state index < -0.39 is 20.1 Å². The zero-order valence-electron chi connectivity index (χ0n) is 21.6. The molecule has 0 radical (unpaired) electrons. The Morgan fingerprint density at radius 1 is 1.18 bits per heavy atom. The molecule has 1 spiro atoms. The molecule has 1 saturated heterocycles. The van der Waals surface area contributed by atoms with Gasteiger partial charge in [-0.1, -0.05) is 24.3 Å². The predicted molar refractivity (Wildman–Crippen MR) is 163 cm³/mol. The van der Waals surface area contributed by atoms with Crippen molar-refractivity contribution >= 4 is 65.2 Å². The number of carbonyl (C=O) groups is 1. The summed E-state index contributed by atoms with van der Waals surface area (Å²) in [5.74, 6) is -0.442. The van der Waals surface area contributed by atoms with Gasteiger partial charge < -0.3 is 18.9 Å². The first-order valence-electron chi connectivity index (χ1n) is 12.8. The summed E-state index contributed by atoms with van der Waals surface area (Å²) in [4.78, 5) is 16.2. The number of hydrogen-bond acceptors (Lipinski definition) is 5. The largest absolute Gasteiger partial charge is 0.396 e. The van der Waals surface area contributed by atoms with Crippen molar-refractivity contribution < 1.29 is 18.7 Å². The fourth-order valence-corrected chi connectivity index (χ4v) is 9.84. The lowest BCUT2D eigenvalue weighted by Gasteiger charge is -2.31. The maximum absolute atomic E-state index is 16.0. The average Bonchev–Trinajstić information content (AvgIpc) is 3.48. The molecule has 0 saturated carbocycles. The lowest BCUT2D eigenvalue weighted by molar-refractivity contribution is -0.146. The number of aliphatic hydroxyl groups is 1. The smallest absolute Gasteiger partial charge is 0.264 e. The minimum absolute atomic E-state index is 0.00707. The normalized spacial score (nSPS) is 25.0. The van der Waals surface area contributed by atoms with E-state index in [4.69, 9.17) is 4.74 Å². The first-order valence-corrected chi connectivity index (χ1v) is 17.9. The van der Waals surface area contributed by atoms with E-state index in [0.717, 1.165) is 24.0 Å². The number of ether oxygens (including phenoxy) is 1. The highest BCUT2D eigenvalue weighted by Crippen LogP contribution is 2.60. The van der Waals surface area contributed by atoms with Gasteiger partial charge in [-0.3, -0.25) is 9.48 Å². The number of rotatable bonds is 8. The molecule has 1 fully saturated rings. The highest BCUT2D eigenvalue weighted by Gasteiger charge is 2.66. The zero-order chi connectivity index (χ0) is 27.2. The van der Waals surface area contributed by atoms with Crippen molar-refractivity contribution in [3.05, 3.63) is 72.6 Å². The molecule has 2 aromatic carbocycles. The minimum Gasteiger partial charge on any atom is -0.396 e. The molecule has 0 bridgehead atoms. The molecule has 7 nitrogen and oxygen atoms in total. The molecule has 2 aliphatic heterocycles. The number of aromatic nitrogens is 3. The summed E-state index contributed by atoms with van der Waals surface area (Å²) in [6, 6.07) is 14.2. The predicted octanol–water partition coefficient (Wildman–Crippen LogP) is 5.43. The van der Waals surface area contributed by atoms with Crippen LogP contribution in [0.2, 0.25) is 18.6 Å². The first kappa shape index (κ1) is 28.1. The van der Waals surface area contributed by atoms with Crippen molar-refractivity contribution in [3.8, 4) is 0 Å². The van der Waals surface area contributed by atoms with E-state index in [9.17, 15) is 9.90 Å². The number of aliphatic hydroxyl groups excluding tert-OH is 1. The third-order valence-electron chi connectivity index (χ3n) is 7.75. The summed E-state index contributed by atoms with van der Waals surface area (Å²) in [6.07, 6.45) is 2.32. The van der Waals surface area contributed by atoms with Gasteiger partial charge in [0.15, 0.2) is 5.60 Å². The number of fused-ring (bicyclic) bond motifs is 2. The molecular formula is C27H31FI2N4O3Si. The van der Waals surface area contributed by atoms with E-state index in [1.807, 2.05) is 48.2 Å². The molecule has 4 atom stereocenters. The molecular weight excluding hydrogens is 729 g/mol. The van der Waals surface area contributed by atoms with Crippen molar-refractivity contribution in [2.45, 2.75) is 63.2 Å². The Morgan fingerprint density at radius 2 is 1.95 bits per heavy atom. The van der Waals surface area contributed by atoms with E-state index >= 15 is 4.11 Å². The molecule has 38 heavy (non-hydrogen) atoms. The van der Waals surface area contributed by atoms with Gasteiger partial charge in [0.1, 0.15) is 0 Å². The Morgan fingerprint density at radius 3 is 2.66 bits per heavy atom. The lowest BCUT2D eigenvalue weighted by atomic mass is 9.82. The maximum atomic E-state index is 16.0.